The van der Waals surface area contributed by atoms with Gasteiger partial charge in [0.2, 0.25) is 0 Å². The molecule has 1 saturated heterocycles. The molecule has 1 aromatic carbocycles. The Kier molecular flexibility index (Phi) is 8.49. The molecule has 118 valence electrons. The topological polar surface area (TPSA) is 36.9 Å². The van der Waals surface area contributed by atoms with Crippen molar-refractivity contribution in [1.29, 1.82) is 0 Å². The summed E-state index contributed by atoms with van der Waals surface area (Å²) < 4.78 is 5.38. The zero-order chi connectivity index (χ0) is 14.2. The number of guanidine groups is 1. The molecule has 1 aliphatic heterocycles. The lowest BCUT2D eigenvalue weighted by Gasteiger charge is -2.20. The van der Waals surface area contributed by atoms with Crippen LogP contribution >= 0.6 is 24.0 Å². The number of nitrogens with zero attached hydrogens (tertiary/aromatic N) is 2. The Morgan fingerprint density at radius 1 is 1.29 bits per heavy atom. The van der Waals surface area contributed by atoms with E-state index in [1.807, 2.05) is 18.2 Å². The summed E-state index contributed by atoms with van der Waals surface area (Å²) in [4.78, 5) is 7.09. The number of aliphatic imine (C=N–C) groups is 1. The number of nitrogens with one attached hydrogen (secondary N) is 1. The first-order valence-electron chi connectivity index (χ1n) is 7.50. The molecule has 0 unspecified atom stereocenters. The van der Waals surface area contributed by atoms with Gasteiger partial charge in [-0.15, -0.1) is 24.0 Å². The van der Waals surface area contributed by atoms with Crippen molar-refractivity contribution < 1.29 is 4.74 Å². The van der Waals surface area contributed by atoms with E-state index in [1.165, 1.54) is 18.4 Å². The van der Waals surface area contributed by atoms with Gasteiger partial charge in [0.15, 0.2) is 5.96 Å². The summed E-state index contributed by atoms with van der Waals surface area (Å²) in [5.74, 6) is 2.01. The zero-order valence-corrected chi connectivity index (χ0v) is 15.3. The van der Waals surface area contributed by atoms with E-state index < -0.39 is 0 Å². The second kappa shape index (κ2) is 9.87. The standard InChI is InChI=1S/C16H25N3O.HI/c1-3-17-16(19-12-6-7-13-19)18-11-10-14-8-4-5-9-15(14)20-2;/h4-5,8-9H,3,6-7,10-13H2,1-2H3,(H,17,18);1H. The number of benzene rings is 1. The second-order valence-corrected chi connectivity index (χ2v) is 4.99. The Balaban J connectivity index is 0.00000220. The molecule has 5 heteroatoms. The molecule has 1 N–H and O–H groups in total. The summed E-state index contributed by atoms with van der Waals surface area (Å²) in [5.41, 5.74) is 1.22. The summed E-state index contributed by atoms with van der Waals surface area (Å²) in [6, 6.07) is 8.16. The molecule has 1 fully saturated rings. The maximum atomic E-state index is 5.38. The van der Waals surface area contributed by atoms with Gasteiger partial charge in [-0.3, -0.25) is 4.99 Å². The maximum Gasteiger partial charge on any atom is 0.193 e. The van der Waals surface area contributed by atoms with Crippen molar-refractivity contribution in [3.63, 3.8) is 0 Å². The van der Waals surface area contributed by atoms with E-state index in [0.29, 0.717) is 0 Å². The fraction of sp³-hybridized carbons (Fsp3) is 0.562. The van der Waals surface area contributed by atoms with Gasteiger partial charge >= 0.3 is 0 Å². The van der Waals surface area contributed by atoms with E-state index in [4.69, 9.17) is 9.73 Å². The summed E-state index contributed by atoms with van der Waals surface area (Å²) in [5, 5.41) is 3.38. The largest absolute Gasteiger partial charge is 0.496 e. The summed E-state index contributed by atoms with van der Waals surface area (Å²) >= 11 is 0. The van der Waals surface area contributed by atoms with Gasteiger partial charge in [0.25, 0.3) is 0 Å². The molecule has 21 heavy (non-hydrogen) atoms. The van der Waals surface area contributed by atoms with Crippen LogP contribution in [-0.2, 0) is 6.42 Å². The Bertz CT molecular complexity index is 445. The second-order valence-electron chi connectivity index (χ2n) is 4.99. The van der Waals surface area contributed by atoms with Crippen LogP contribution in [0.3, 0.4) is 0 Å². The van der Waals surface area contributed by atoms with Crippen LogP contribution < -0.4 is 10.1 Å². The van der Waals surface area contributed by atoms with Crippen LogP contribution in [0, 0.1) is 0 Å². The molecule has 1 aliphatic rings. The minimum absolute atomic E-state index is 0. The molecule has 0 saturated carbocycles. The molecule has 1 heterocycles. The lowest BCUT2D eigenvalue weighted by Crippen LogP contribution is -2.39. The van der Waals surface area contributed by atoms with Crippen molar-refractivity contribution in [2.24, 2.45) is 4.99 Å². The Morgan fingerprint density at radius 3 is 2.67 bits per heavy atom. The van der Waals surface area contributed by atoms with Crippen molar-refractivity contribution >= 4 is 29.9 Å². The normalized spacial score (nSPS) is 14.8. The molecule has 1 aromatic rings. The predicted octanol–water partition coefficient (Wildman–Crippen LogP) is 2.92. The van der Waals surface area contributed by atoms with Gasteiger partial charge in [0.1, 0.15) is 5.75 Å². The fourth-order valence-electron chi connectivity index (χ4n) is 2.55. The molecule has 0 atom stereocenters. The van der Waals surface area contributed by atoms with Crippen molar-refractivity contribution in [2.45, 2.75) is 26.2 Å². The van der Waals surface area contributed by atoms with Gasteiger partial charge in [-0.05, 0) is 37.8 Å². The van der Waals surface area contributed by atoms with E-state index in [1.54, 1.807) is 7.11 Å². The minimum atomic E-state index is 0. The average Bonchev–Trinajstić information content (AvgIpc) is 3.01. The van der Waals surface area contributed by atoms with E-state index in [2.05, 4.69) is 23.2 Å². The highest BCUT2D eigenvalue weighted by Gasteiger charge is 2.15. The number of halogens is 1. The third kappa shape index (κ3) is 5.37. The van der Waals surface area contributed by atoms with Crippen LogP contribution in [0.15, 0.2) is 29.3 Å². The Hall–Kier alpha value is -0.980. The molecule has 4 nitrogen and oxygen atoms in total. The van der Waals surface area contributed by atoms with Gasteiger partial charge in [-0.25, -0.2) is 0 Å². The number of ether oxygens (including phenoxy) is 1. The van der Waals surface area contributed by atoms with E-state index in [9.17, 15) is 0 Å². The monoisotopic (exact) mass is 403 g/mol. The molecule has 0 aromatic heterocycles. The number of hydrogen-bond acceptors (Lipinski definition) is 2. The van der Waals surface area contributed by atoms with Crippen LogP contribution in [0.5, 0.6) is 5.75 Å². The summed E-state index contributed by atoms with van der Waals surface area (Å²) in [7, 11) is 1.72. The fourth-order valence-corrected chi connectivity index (χ4v) is 2.55. The highest BCUT2D eigenvalue weighted by Crippen LogP contribution is 2.17. The number of para-hydroxylation sites is 1. The lowest BCUT2D eigenvalue weighted by molar-refractivity contribution is 0.409. The average molecular weight is 403 g/mol. The molecule has 0 bridgehead atoms. The smallest absolute Gasteiger partial charge is 0.193 e. The van der Waals surface area contributed by atoms with Crippen LogP contribution in [-0.4, -0.2) is 44.1 Å². The number of rotatable bonds is 5. The molecule has 2 rings (SSSR count). The lowest BCUT2D eigenvalue weighted by atomic mass is 10.1. The van der Waals surface area contributed by atoms with E-state index in [0.717, 1.165) is 44.3 Å². The first kappa shape index (κ1) is 18.1. The van der Waals surface area contributed by atoms with Gasteiger partial charge in [-0.1, -0.05) is 18.2 Å². The number of hydrogen-bond donors (Lipinski definition) is 1. The van der Waals surface area contributed by atoms with Gasteiger partial charge < -0.3 is 15.0 Å². The first-order valence-corrected chi connectivity index (χ1v) is 7.50. The first-order chi connectivity index (χ1) is 9.85. The van der Waals surface area contributed by atoms with Crippen LogP contribution in [0.2, 0.25) is 0 Å². The molecule has 0 spiro atoms. The van der Waals surface area contributed by atoms with Crippen molar-refractivity contribution in [2.75, 3.05) is 33.3 Å². The van der Waals surface area contributed by atoms with Crippen molar-refractivity contribution in [1.82, 2.24) is 10.2 Å². The molecular weight excluding hydrogens is 377 g/mol. The number of likely N-dealkylation sites (tertiary alicyclic amines) is 1. The molecular formula is C16H26IN3O. The Morgan fingerprint density at radius 2 is 2.00 bits per heavy atom. The van der Waals surface area contributed by atoms with Gasteiger partial charge in [0.05, 0.1) is 7.11 Å². The highest BCUT2D eigenvalue weighted by atomic mass is 127. The van der Waals surface area contributed by atoms with E-state index >= 15 is 0 Å². The third-order valence-corrected chi connectivity index (χ3v) is 3.58. The maximum absolute atomic E-state index is 5.38. The summed E-state index contributed by atoms with van der Waals surface area (Å²) in [6.45, 7) is 6.08. The van der Waals surface area contributed by atoms with Crippen molar-refractivity contribution in [3.8, 4) is 5.75 Å². The molecule has 0 aliphatic carbocycles. The van der Waals surface area contributed by atoms with Crippen molar-refractivity contribution in [3.05, 3.63) is 29.8 Å². The van der Waals surface area contributed by atoms with Crippen LogP contribution in [0.25, 0.3) is 0 Å². The minimum Gasteiger partial charge on any atom is -0.496 e. The van der Waals surface area contributed by atoms with Crippen LogP contribution in [0.4, 0.5) is 0 Å². The third-order valence-electron chi connectivity index (χ3n) is 3.58. The van der Waals surface area contributed by atoms with Crippen LogP contribution in [0.1, 0.15) is 25.3 Å². The molecule has 0 amide bonds. The highest BCUT2D eigenvalue weighted by molar-refractivity contribution is 14.0. The predicted molar refractivity (Wildman–Crippen MR) is 98.9 cm³/mol. The zero-order valence-electron chi connectivity index (χ0n) is 13.0. The quantitative estimate of drug-likeness (QED) is 0.467. The number of methoxy groups -OCH3 is 1. The van der Waals surface area contributed by atoms with E-state index in [-0.39, 0.29) is 24.0 Å². The van der Waals surface area contributed by atoms with Gasteiger partial charge in [0, 0.05) is 26.2 Å². The molecule has 0 radical (unpaired) electrons. The Labute approximate surface area is 145 Å². The SMILES string of the molecule is CCNC(=NCCc1ccccc1OC)N1CCCC1.I. The summed E-state index contributed by atoms with van der Waals surface area (Å²) in [6.07, 6.45) is 3.46. The van der Waals surface area contributed by atoms with Gasteiger partial charge in [-0.2, -0.15) is 0 Å².